The molecule has 2 amide bonds. The highest BCUT2D eigenvalue weighted by atomic mass is 16.2. The summed E-state index contributed by atoms with van der Waals surface area (Å²) in [5.41, 5.74) is 5.21. The van der Waals surface area contributed by atoms with Gasteiger partial charge in [-0.05, 0) is 68.7 Å². The van der Waals surface area contributed by atoms with Crippen molar-refractivity contribution in [2.45, 2.75) is 32.1 Å². The number of benzene rings is 2. The van der Waals surface area contributed by atoms with Gasteiger partial charge >= 0.3 is 0 Å². The summed E-state index contributed by atoms with van der Waals surface area (Å²) in [4.78, 5) is 39.4. The first-order valence-electron chi connectivity index (χ1n) is 13.7. The molecule has 204 valence electrons. The summed E-state index contributed by atoms with van der Waals surface area (Å²) in [7, 11) is 0. The lowest BCUT2D eigenvalue weighted by molar-refractivity contribution is -0.136. The van der Waals surface area contributed by atoms with E-state index >= 15 is 0 Å². The molecule has 40 heavy (non-hydrogen) atoms. The molecule has 1 aliphatic carbocycles. The molecular weight excluding hydrogens is 502 g/mol. The summed E-state index contributed by atoms with van der Waals surface area (Å²) in [6, 6.07) is 18.0. The highest BCUT2D eigenvalue weighted by Gasteiger charge is 2.36. The molecular formula is C31H33N7O2. The van der Waals surface area contributed by atoms with Crippen LogP contribution in [0, 0.1) is 0 Å². The van der Waals surface area contributed by atoms with E-state index in [1.165, 1.54) is 12.0 Å². The third-order valence-corrected chi connectivity index (χ3v) is 7.91. The van der Waals surface area contributed by atoms with E-state index in [0.29, 0.717) is 43.0 Å². The molecule has 3 aromatic rings. The topological polar surface area (TPSA) is 102 Å². The Morgan fingerprint density at radius 3 is 2.50 bits per heavy atom. The highest BCUT2D eigenvalue weighted by Crippen LogP contribution is 2.37. The number of aromatic nitrogens is 2. The zero-order valence-electron chi connectivity index (χ0n) is 22.8. The number of carbonyl (C=O) groups is 2. The van der Waals surface area contributed by atoms with Crippen LogP contribution in [0.5, 0.6) is 0 Å². The van der Waals surface area contributed by atoms with Crippen molar-refractivity contribution in [2.75, 3.05) is 47.0 Å². The Morgan fingerprint density at radius 2 is 1.75 bits per heavy atom. The number of allylic oxidation sites excluding steroid dienone is 2. The van der Waals surface area contributed by atoms with Crippen molar-refractivity contribution in [1.82, 2.24) is 14.9 Å². The summed E-state index contributed by atoms with van der Waals surface area (Å²) in [6.07, 6.45) is 6.44. The largest absolute Gasteiger partial charge is 0.368 e. The van der Waals surface area contributed by atoms with Gasteiger partial charge in [0.2, 0.25) is 5.91 Å². The lowest BCUT2D eigenvalue weighted by Crippen LogP contribution is -2.53. The number of nitrogens with zero attached hydrogens (tertiary/aromatic N) is 4. The molecule has 0 bridgehead atoms. The van der Waals surface area contributed by atoms with Gasteiger partial charge in [0.15, 0.2) is 0 Å². The van der Waals surface area contributed by atoms with Crippen LogP contribution < -0.4 is 20.9 Å². The molecule has 0 unspecified atom stereocenters. The van der Waals surface area contributed by atoms with E-state index in [0.717, 1.165) is 35.7 Å². The first kappa shape index (κ1) is 25.6. The summed E-state index contributed by atoms with van der Waals surface area (Å²) in [6.45, 7) is 6.88. The molecule has 3 aliphatic rings. The van der Waals surface area contributed by atoms with Gasteiger partial charge in [0, 0.05) is 55.0 Å². The van der Waals surface area contributed by atoms with E-state index in [9.17, 15) is 9.59 Å². The number of hydrogen-bond acceptors (Lipinski definition) is 7. The molecule has 9 heteroatoms. The van der Waals surface area contributed by atoms with Crippen LogP contribution in [0.25, 0.3) is 0 Å². The minimum absolute atomic E-state index is 0.0915. The molecule has 2 aromatic carbocycles. The molecule has 1 saturated heterocycles. The average molecular weight is 536 g/mol. The average Bonchev–Trinajstić information content (AvgIpc) is 3.12. The lowest BCUT2D eigenvalue weighted by atomic mass is 9.82. The fourth-order valence-electron chi connectivity index (χ4n) is 5.52. The second-order valence-corrected chi connectivity index (χ2v) is 10.9. The number of para-hydroxylation sites is 1. The number of anilines is 4. The van der Waals surface area contributed by atoms with Crippen molar-refractivity contribution in [2.24, 2.45) is 0 Å². The molecule has 0 saturated carbocycles. The number of amides is 2. The van der Waals surface area contributed by atoms with Gasteiger partial charge in [-0.25, -0.2) is 9.97 Å². The third kappa shape index (κ3) is 5.02. The SMILES string of the molecule is CC(C)(C(=O)N1CCN(c2ccccc2)CC1)c1ccc2c(c1)NC(=O)C1=C(C=C(Nc3ccncn3)CC1)N2. The van der Waals surface area contributed by atoms with Crippen LogP contribution in [0.3, 0.4) is 0 Å². The van der Waals surface area contributed by atoms with Crippen molar-refractivity contribution >= 4 is 34.7 Å². The molecule has 1 aromatic heterocycles. The van der Waals surface area contributed by atoms with Crippen molar-refractivity contribution in [1.29, 1.82) is 0 Å². The van der Waals surface area contributed by atoms with Gasteiger partial charge in [0.05, 0.1) is 16.8 Å². The highest BCUT2D eigenvalue weighted by molar-refractivity contribution is 6.08. The molecule has 0 radical (unpaired) electrons. The standard InChI is InChI=1S/C31H33N7O2/c1-31(2,30(40)38-16-14-37(15-17-38)23-6-4-3-5-7-23)21-8-11-25-27(18-21)36-29(39)24-10-9-22(19-26(24)35-25)34-28-12-13-32-20-33-28/h3-8,11-13,18-20,35H,9-10,14-17H2,1-2H3,(H,36,39)(H,32,33,34). The Labute approximate surface area is 234 Å². The third-order valence-electron chi connectivity index (χ3n) is 7.91. The van der Waals surface area contributed by atoms with Gasteiger partial charge in [-0.1, -0.05) is 24.3 Å². The van der Waals surface area contributed by atoms with Crippen molar-refractivity contribution in [3.63, 3.8) is 0 Å². The molecule has 0 atom stereocenters. The van der Waals surface area contributed by atoms with Crippen LogP contribution in [0.15, 0.2) is 90.2 Å². The number of piperazine rings is 1. The van der Waals surface area contributed by atoms with Crippen LogP contribution in [0.1, 0.15) is 32.3 Å². The van der Waals surface area contributed by atoms with Crippen molar-refractivity contribution in [3.8, 4) is 0 Å². The van der Waals surface area contributed by atoms with E-state index < -0.39 is 5.41 Å². The lowest BCUT2D eigenvalue weighted by Gasteiger charge is -2.39. The predicted molar refractivity (Wildman–Crippen MR) is 157 cm³/mol. The zero-order valence-corrected chi connectivity index (χ0v) is 22.8. The number of hydrogen-bond donors (Lipinski definition) is 3. The fourth-order valence-corrected chi connectivity index (χ4v) is 5.52. The van der Waals surface area contributed by atoms with E-state index in [-0.39, 0.29) is 11.8 Å². The van der Waals surface area contributed by atoms with Gasteiger partial charge in [-0.2, -0.15) is 0 Å². The number of rotatable bonds is 5. The first-order valence-corrected chi connectivity index (χ1v) is 13.7. The maximum atomic E-state index is 13.7. The summed E-state index contributed by atoms with van der Waals surface area (Å²) >= 11 is 0. The molecule has 6 rings (SSSR count). The molecule has 9 nitrogen and oxygen atoms in total. The van der Waals surface area contributed by atoms with Gasteiger partial charge in [0.1, 0.15) is 12.1 Å². The maximum Gasteiger partial charge on any atom is 0.253 e. The van der Waals surface area contributed by atoms with Crippen molar-refractivity contribution < 1.29 is 9.59 Å². The minimum Gasteiger partial charge on any atom is -0.368 e. The van der Waals surface area contributed by atoms with Crippen LogP contribution in [0.4, 0.5) is 22.9 Å². The fraction of sp³-hybridized carbons (Fsp3) is 0.290. The minimum atomic E-state index is -0.747. The van der Waals surface area contributed by atoms with Gasteiger partial charge in [-0.3, -0.25) is 9.59 Å². The Bertz CT molecular complexity index is 1490. The van der Waals surface area contributed by atoms with Gasteiger partial charge in [-0.15, -0.1) is 0 Å². The second kappa shape index (κ2) is 10.5. The van der Waals surface area contributed by atoms with Crippen LogP contribution in [0.2, 0.25) is 0 Å². The van der Waals surface area contributed by atoms with Gasteiger partial charge in [0.25, 0.3) is 5.91 Å². The first-order chi connectivity index (χ1) is 19.4. The summed E-state index contributed by atoms with van der Waals surface area (Å²) in [5.74, 6) is 0.674. The van der Waals surface area contributed by atoms with Crippen LogP contribution >= 0.6 is 0 Å². The summed E-state index contributed by atoms with van der Waals surface area (Å²) < 4.78 is 0. The van der Waals surface area contributed by atoms with E-state index in [2.05, 4.69) is 43.0 Å². The Balaban J connectivity index is 1.17. The normalized spacial score (nSPS) is 17.1. The van der Waals surface area contributed by atoms with E-state index in [1.807, 2.05) is 61.2 Å². The molecule has 0 spiro atoms. The summed E-state index contributed by atoms with van der Waals surface area (Å²) in [5, 5.41) is 9.84. The van der Waals surface area contributed by atoms with Crippen LogP contribution in [-0.2, 0) is 15.0 Å². The predicted octanol–water partition coefficient (Wildman–Crippen LogP) is 4.51. The number of fused-ring (bicyclic) bond motifs is 1. The zero-order chi connectivity index (χ0) is 27.7. The smallest absolute Gasteiger partial charge is 0.253 e. The van der Waals surface area contributed by atoms with E-state index in [1.54, 1.807) is 12.3 Å². The molecule has 2 aliphatic heterocycles. The van der Waals surface area contributed by atoms with E-state index in [4.69, 9.17) is 0 Å². The molecule has 3 heterocycles. The maximum absolute atomic E-state index is 13.7. The van der Waals surface area contributed by atoms with Crippen LogP contribution in [-0.4, -0.2) is 52.9 Å². The Hall–Kier alpha value is -4.66. The Kier molecular flexibility index (Phi) is 6.71. The Morgan fingerprint density at radius 1 is 0.950 bits per heavy atom. The quantitative estimate of drug-likeness (QED) is 0.442. The van der Waals surface area contributed by atoms with Crippen molar-refractivity contribution in [3.05, 3.63) is 95.7 Å². The second-order valence-electron chi connectivity index (χ2n) is 10.9. The number of carbonyl (C=O) groups excluding carboxylic acids is 2. The molecule has 1 fully saturated rings. The molecule has 3 N–H and O–H groups in total. The number of nitrogens with one attached hydrogen (secondary N) is 3. The monoisotopic (exact) mass is 535 g/mol. The van der Waals surface area contributed by atoms with Gasteiger partial charge < -0.3 is 25.8 Å².